The van der Waals surface area contributed by atoms with Crippen LogP contribution < -0.4 is 10.5 Å². The predicted molar refractivity (Wildman–Crippen MR) is 105 cm³/mol. The molecule has 0 radical (unpaired) electrons. The van der Waals surface area contributed by atoms with E-state index in [0.29, 0.717) is 24.0 Å². The molecule has 1 aliphatic rings. The quantitative estimate of drug-likeness (QED) is 0.823. The second kappa shape index (κ2) is 7.33. The van der Waals surface area contributed by atoms with Crippen LogP contribution in [-0.4, -0.2) is 17.6 Å². The van der Waals surface area contributed by atoms with Crippen LogP contribution in [0.1, 0.15) is 65.0 Å². The van der Waals surface area contributed by atoms with Gasteiger partial charge in [0, 0.05) is 23.5 Å². The first-order valence-electron chi connectivity index (χ1n) is 9.64. The van der Waals surface area contributed by atoms with Gasteiger partial charge in [0.15, 0.2) is 0 Å². The first-order valence-corrected chi connectivity index (χ1v) is 9.64. The highest BCUT2D eigenvalue weighted by Crippen LogP contribution is 2.38. The van der Waals surface area contributed by atoms with Gasteiger partial charge in [-0.05, 0) is 61.3 Å². The molecule has 3 nitrogen and oxygen atoms in total. The number of rotatable bonds is 4. The number of fused-ring (bicyclic) bond motifs is 1. The molecule has 1 fully saturated rings. The van der Waals surface area contributed by atoms with Crippen LogP contribution >= 0.6 is 0 Å². The Morgan fingerprint density at radius 3 is 2.48 bits per heavy atom. The van der Waals surface area contributed by atoms with Gasteiger partial charge in [-0.1, -0.05) is 33.8 Å². The molecular formula is C22H32N2O. The summed E-state index contributed by atoms with van der Waals surface area (Å²) in [5.74, 6) is 2.07. The van der Waals surface area contributed by atoms with Gasteiger partial charge in [-0.3, -0.25) is 4.98 Å². The monoisotopic (exact) mass is 340 g/mol. The average molecular weight is 341 g/mol. The summed E-state index contributed by atoms with van der Waals surface area (Å²) in [6.07, 6.45) is 5.20. The number of nitrogens with zero attached hydrogens (tertiary/aromatic N) is 1. The van der Waals surface area contributed by atoms with Gasteiger partial charge in [0.25, 0.3) is 0 Å². The molecule has 0 saturated heterocycles. The maximum atomic E-state index is 6.28. The van der Waals surface area contributed by atoms with E-state index in [2.05, 4.69) is 58.0 Å². The minimum absolute atomic E-state index is 0.290. The maximum Gasteiger partial charge on any atom is 0.120 e. The molecule has 0 amide bonds. The molecule has 25 heavy (non-hydrogen) atoms. The van der Waals surface area contributed by atoms with Crippen LogP contribution in [-0.2, 0) is 0 Å². The number of benzene rings is 1. The predicted octanol–water partition coefficient (Wildman–Crippen LogP) is 5.28. The summed E-state index contributed by atoms with van der Waals surface area (Å²) in [5, 5.41) is 1.13. The zero-order chi connectivity index (χ0) is 18.0. The van der Waals surface area contributed by atoms with E-state index in [1.807, 2.05) is 0 Å². The van der Waals surface area contributed by atoms with Crippen molar-refractivity contribution in [2.45, 2.75) is 65.4 Å². The fourth-order valence-electron chi connectivity index (χ4n) is 3.83. The van der Waals surface area contributed by atoms with Crippen LogP contribution in [0.2, 0.25) is 0 Å². The molecule has 2 aromatic rings. The third-order valence-corrected chi connectivity index (χ3v) is 5.74. The molecule has 0 bridgehead atoms. The van der Waals surface area contributed by atoms with E-state index in [-0.39, 0.29) is 0 Å². The molecule has 1 heterocycles. The third-order valence-electron chi connectivity index (χ3n) is 5.74. The van der Waals surface area contributed by atoms with E-state index in [1.165, 1.54) is 12.8 Å². The fourth-order valence-corrected chi connectivity index (χ4v) is 3.83. The number of hydrogen-bond acceptors (Lipinski definition) is 3. The van der Waals surface area contributed by atoms with Crippen LogP contribution in [0.25, 0.3) is 10.9 Å². The summed E-state index contributed by atoms with van der Waals surface area (Å²) in [6, 6.07) is 10.5. The minimum Gasteiger partial charge on any atom is -0.490 e. The van der Waals surface area contributed by atoms with Gasteiger partial charge in [0.2, 0.25) is 0 Å². The molecule has 3 rings (SSSR count). The maximum absolute atomic E-state index is 6.28. The average Bonchev–Trinajstić information content (AvgIpc) is 2.60. The number of pyridine rings is 1. The van der Waals surface area contributed by atoms with Crippen molar-refractivity contribution in [3.8, 4) is 5.75 Å². The summed E-state index contributed by atoms with van der Waals surface area (Å²) in [5.41, 5.74) is 8.24. The van der Waals surface area contributed by atoms with E-state index >= 15 is 0 Å². The van der Waals surface area contributed by atoms with E-state index in [9.17, 15) is 0 Å². The molecule has 3 heteroatoms. The number of hydrogen-bond donors (Lipinski definition) is 1. The molecule has 1 aliphatic carbocycles. The minimum atomic E-state index is 0.290. The normalized spacial score (nSPS) is 22.8. The van der Waals surface area contributed by atoms with Crippen LogP contribution in [0.4, 0.5) is 0 Å². The first-order chi connectivity index (χ1) is 11.9. The highest BCUT2D eigenvalue weighted by Gasteiger charge is 2.30. The Balaban J connectivity index is 1.67. The van der Waals surface area contributed by atoms with Crippen molar-refractivity contribution < 1.29 is 4.74 Å². The lowest BCUT2D eigenvalue weighted by atomic mass is 9.72. The second-order valence-electron chi connectivity index (χ2n) is 8.68. The molecule has 0 spiro atoms. The lowest BCUT2D eigenvalue weighted by Gasteiger charge is -2.36. The topological polar surface area (TPSA) is 48.1 Å². The molecule has 2 N–H and O–H groups in total. The Hall–Kier alpha value is -1.61. The molecule has 1 saturated carbocycles. The molecule has 0 aliphatic heterocycles. The van der Waals surface area contributed by atoms with Gasteiger partial charge in [-0.25, -0.2) is 0 Å². The summed E-state index contributed by atoms with van der Waals surface area (Å²) in [7, 11) is 0. The highest BCUT2D eigenvalue weighted by atomic mass is 16.5. The Kier molecular flexibility index (Phi) is 5.33. The lowest BCUT2D eigenvalue weighted by Crippen LogP contribution is -2.30. The SMILES string of the molecule is CC(CN)c1ccc2cc(OC3CCC(C(C)(C)C)CC3)ccc2n1. The highest BCUT2D eigenvalue weighted by molar-refractivity contribution is 5.80. The van der Waals surface area contributed by atoms with E-state index < -0.39 is 0 Å². The largest absolute Gasteiger partial charge is 0.490 e. The number of aromatic nitrogens is 1. The summed E-state index contributed by atoms with van der Waals surface area (Å²) < 4.78 is 6.28. The Morgan fingerprint density at radius 1 is 1.12 bits per heavy atom. The third kappa shape index (κ3) is 4.33. The standard InChI is InChI=1S/C22H32N2O/c1-15(14-23)20-11-5-16-13-19(10-12-21(16)24-20)25-18-8-6-17(7-9-18)22(2,3)4/h5,10-13,15,17-18H,6-9,14,23H2,1-4H3. The zero-order valence-electron chi connectivity index (χ0n) is 16.1. The molecule has 1 aromatic heterocycles. The Morgan fingerprint density at radius 2 is 1.84 bits per heavy atom. The summed E-state index contributed by atoms with van der Waals surface area (Å²) in [4.78, 5) is 4.74. The van der Waals surface area contributed by atoms with Gasteiger partial charge in [0.1, 0.15) is 5.75 Å². The summed E-state index contributed by atoms with van der Waals surface area (Å²) in [6.45, 7) is 9.80. The van der Waals surface area contributed by atoms with E-state index in [4.69, 9.17) is 15.5 Å². The van der Waals surface area contributed by atoms with E-state index in [1.54, 1.807) is 0 Å². The molecular weight excluding hydrogens is 308 g/mol. The molecule has 1 unspecified atom stereocenters. The van der Waals surface area contributed by atoms with Crippen molar-refractivity contribution in [1.29, 1.82) is 0 Å². The number of ether oxygens (including phenoxy) is 1. The van der Waals surface area contributed by atoms with Crippen molar-refractivity contribution in [2.75, 3.05) is 6.54 Å². The molecule has 136 valence electrons. The van der Waals surface area contributed by atoms with Gasteiger partial charge >= 0.3 is 0 Å². The first kappa shape index (κ1) is 18.2. The van der Waals surface area contributed by atoms with Crippen molar-refractivity contribution in [3.05, 3.63) is 36.0 Å². The zero-order valence-corrected chi connectivity index (χ0v) is 16.1. The fraction of sp³-hybridized carbons (Fsp3) is 0.591. The Labute approximate surface area is 152 Å². The van der Waals surface area contributed by atoms with Gasteiger partial charge in [-0.2, -0.15) is 0 Å². The van der Waals surface area contributed by atoms with Crippen LogP contribution in [0.15, 0.2) is 30.3 Å². The van der Waals surface area contributed by atoms with Crippen molar-refractivity contribution in [2.24, 2.45) is 17.1 Å². The Bertz CT molecular complexity index is 712. The van der Waals surface area contributed by atoms with E-state index in [0.717, 1.165) is 41.1 Å². The number of nitrogens with two attached hydrogens (primary N) is 1. The van der Waals surface area contributed by atoms with Crippen LogP contribution in [0.3, 0.4) is 0 Å². The van der Waals surface area contributed by atoms with Gasteiger partial charge in [0.05, 0.1) is 11.6 Å². The van der Waals surface area contributed by atoms with Crippen LogP contribution in [0.5, 0.6) is 5.75 Å². The van der Waals surface area contributed by atoms with Gasteiger partial charge < -0.3 is 10.5 Å². The van der Waals surface area contributed by atoms with Gasteiger partial charge in [-0.15, -0.1) is 0 Å². The van der Waals surface area contributed by atoms with Crippen LogP contribution in [0, 0.1) is 11.3 Å². The molecule has 1 atom stereocenters. The van der Waals surface area contributed by atoms with Crippen molar-refractivity contribution in [3.63, 3.8) is 0 Å². The van der Waals surface area contributed by atoms with Crippen molar-refractivity contribution >= 4 is 10.9 Å². The summed E-state index contributed by atoms with van der Waals surface area (Å²) >= 11 is 0. The van der Waals surface area contributed by atoms with Crippen molar-refractivity contribution in [1.82, 2.24) is 4.98 Å². The smallest absolute Gasteiger partial charge is 0.120 e. The second-order valence-corrected chi connectivity index (χ2v) is 8.68. The molecule has 1 aromatic carbocycles. The lowest BCUT2D eigenvalue weighted by molar-refractivity contribution is 0.0883.